The van der Waals surface area contributed by atoms with Gasteiger partial charge in [0.05, 0.1) is 12.6 Å². The first-order chi connectivity index (χ1) is 12.1. The number of hydrogen-bond acceptors (Lipinski definition) is 6. The van der Waals surface area contributed by atoms with E-state index in [0.29, 0.717) is 31.5 Å². The van der Waals surface area contributed by atoms with Crippen LogP contribution < -0.4 is 0 Å². The van der Waals surface area contributed by atoms with Crippen molar-refractivity contribution < 1.29 is 13.9 Å². The Hall–Kier alpha value is -2.41. The summed E-state index contributed by atoms with van der Waals surface area (Å²) in [5.41, 5.74) is 2.08. The van der Waals surface area contributed by atoms with Gasteiger partial charge in [0.2, 0.25) is 11.8 Å². The molecule has 0 spiro atoms. The number of carbonyl (C=O) groups is 1. The Kier molecular flexibility index (Phi) is 5.33. The van der Waals surface area contributed by atoms with Crippen LogP contribution in [-0.4, -0.2) is 58.9 Å². The molecule has 1 aliphatic heterocycles. The molecule has 1 amide bonds. The molecule has 1 aliphatic rings. The average molecular weight is 344 g/mol. The molecule has 1 aromatic heterocycles. The van der Waals surface area contributed by atoms with Crippen LogP contribution in [0.2, 0.25) is 0 Å². The van der Waals surface area contributed by atoms with E-state index in [9.17, 15) is 4.79 Å². The maximum Gasteiger partial charge on any atom is 0.409 e. The molecular formula is C18H24N4O3. The summed E-state index contributed by atoms with van der Waals surface area (Å²) in [5, 5.41) is 8.40. The monoisotopic (exact) mass is 344 g/mol. The van der Waals surface area contributed by atoms with Gasteiger partial charge in [-0.3, -0.25) is 4.90 Å². The summed E-state index contributed by atoms with van der Waals surface area (Å²) in [5.74, 6) is 1.14. The van der Waals surface area contributed by atoms with Crippen molar-refractivity contribution >= 4 is 6.09 Å². The highest BCUT2D eigenvalue weighted by Crippen LogP contribution is 2.25. The number of hydrogen-bond donors (Lipinski definition) is 0. The predicted octanol–water partition coefficient (Wildman–Crippen LogP) is 2.88. The minimum Gasteiger partial charge on any atom is -0.450 e. The van der Waals surface area contributed by atoms with Crippen molar-refractivity contribution in [3.63, 3.8) is 0 Å². The molecule has 0 bridgehead atoms. The summed E-state index contributed by atoms with van der Waals surface area (Å²) < 4.78 is 10.9. The lowest BCUT2D eigenvalue weighted by atomic mass is 10.1. The van der Waals surface area contributed by atoms with E-state index in [1.54, 1.807) is 4.90 Å². The molecule has 0 aliphatic carbocycles. The van der Waals surface area contributed by atoms with Gasteiger partial charge < -0.3 is 14.1 Å². The summed E-state index contributed by atoms with van der Waals surface area (Å²) in [6.45, 7) is 9.09. The molecule has 7 nitrogen and oxygen atoms in total. The van der Waals surface area contributed by atoms with Crippen LogP contribution in [-0.2, 0) is 4.74 Å². The van der Waals surface area contributed by atoms with Gasteiger partial charge in [0.25, 0.3) is 0 Å². The predicted molar refractivity (Wildman–Crippen MR) is 93.1 cm³/mol. The minimum atomic E-state index is -0.241. The zero-order valence-corrected chi connectivity index (χ0v) is 14.9. The maximum atomic E-state index is 11.8. The van der Waals surface area contributed by atoms with Crippen LogP contribution in [0.5, 0.6) is 0 Å². The van der Waals surface area contributed by atoms with E-state index in [4.69, 9.17) is 9.15 Å². The normalized spacial score (nSPS) is 16.7. The highest BCUT2D eigenvalue weighted by atomic mass is 16.6. The van der Waals surface area contributed by atoms with E-state index in [2.05, 4.69) is 15.1 Å². The van der Waals surface area contributed by atoms with Crippen LogP contribution in [0.3, 0.4) is 0 Å². The number of rotatable bonds is 4. The van der Waals surface area contributed by atoms with Crippen LogP contribution in [0.4, 0.5) is 4.79 Å². The third-order valence-corrected chi connectivity index (χ3v) is 4.45. The second kappa shape index (κ2) is 7.65. The van der Waals surface area contributed by atoms with Gasteiger partial charge in [-0.1, -0.05) is 17.7 Å². The molecule has 1 saturated heterocycles. The largest absolute Gasteiger partial charge is 0.450 e. The lowest BCUT2D eigenvalue weighted by molar-refractivity contribution is 0.0642. The molecule has 25 heavy (non-hydrogen) atoms. The van der Waals surface area contributed by atoms with Crippen LogP contribution in [0.25, 0.3) is 11.5 Å². The Morgan fingerprint density at radius 2 is 2.04 bits per heavy atom. The molecule has 2 aromatic rings. The van der Waals surface area contributed by atoms with Crippen molar-refractivity contribution in [3.8, 4) is 11.5 Å². The zero-order chi connectivity index (χ0) is 17.8. The van der Waals surface area contributed by atoms with E-state index in [1.165, 1.54) is 0 Å². The maximum absolute atomic E-state index is 11.8. The smallest absolute Gasteiger partial charge is 0.409 e. The first-order valence-electron chi connectivity index (χ1n) is 8.64. The Morgan fingerprint density at radius 3 is 2.72 bits per heavy atom. The summed E-state index contributed by atoms with van der Waals surface area (Å²) >= 11 is 0. The van der Waals surface area contributed by atoms with Gasteiger partial charge in [-0.05, 0) is 32.9 Å². The lowest BCUT2D eigenvalue weighted by Crippen LogP contribution is -2.49. The van der Waals surface area contributed by atoms with Gasteiger partial charge in [-0.15, -0.1) is 10.2 Å². The first kappa shape index (κ1) is 17.4. The van der Waals surface area contributed by atoms with Crippen molar-refractivity contribution in [2.24, 2.45) is 0 Å². The number of aromatic nitrogens is 2. The number of piperazine rings is 1. The number of nitrogens with zero attached hydrogens (tertiary/aromatic N) is 4. The highest BCUT2D eigenvalue weighted by molar-refractivity contribution is 5.67. The second-order valence-corrected chi connectivity index (χ2v) is 6.21. The molecule has 1 atom stereocenters. The van der Waals surface area contributed by atoms with Crippen LogP contribution in [0.1, 0.15) is 31.3 Å². The SMILES string of the molecule is CCOC(=O)N1CCN([C@H](C)c2nnc(-c3cccc(C)c3)o2)CC1. The highest BCUT2D eigenvalue weighted by Gasteiger charge is 2.28. The third-order valence-electron chi connectivity index (χ3n) is 4.45. The van der Waals surface area contributed by atoms with E-state index >= 15 is 0 Å². The standard InChI is InChI=1S/C18H24N4O3/c1-4-24-18(23)22-10-8-21(9-11-22)14(3)16-19-20-17(25-16)15-7-5-6-13(2)12-15/h5-7,12,14H,4,8-11H2,1-3H3/t14-/m1/s1. The summed E-state index contributed by atoms with van der Waals surface area (Å²) in [7, 11) is 0. The summed E-state index contributed by atoms with van der Waals surface area (Å²) in [4.78, 5) is 15.8. The molecule has 1 fully saturated rings. The van der Waals surface area contributed by atoms with Crippen molar-refractivity contribution in [3.05, 3.63) is 35.7 Å². The van der Waals surface area contributed by atoms with Crippen molar-refractivity contribution in [1.29, 1.82) is 0 Å². The summed E-state index contributed by atoms with van der Waals surface area (Å²) in [6, 6.07) is 8.02. The fourth-order valence-corrected chi connectivity index (χ4v) is 2.96. The van der Waals surface area contributed by atoms with Gasteiger partial charge in [-0.2, -0.15) is 0 Å². The van der Waals surface area contributed by atoms with Crippen molar-refractivity contribution in [2.45, 2.75) is 26.8 Å². The first-order valence-corrected chi connectivity index (χ1v) is 8.64. The number of carbonyl (C=O) groups excluding carboxylic acids is 1. The van der Waals surface area contributed by atoms with Gasteiger partial charge in [-0.25, -0.2) is 4.79 Å². The zero-order valence-electron chi connectivity index (χ0n) is 14.9. The molecule has 2 heterocycles. The fraction of sp³-hybridized carbons (Fsp3) is 0.500. The van der Waals surface area contributed by atoms with Gasteiger partial charge >= 0.3 is 6.09 Å². The average Bonchev–Trinajstić information content (AvgIpc) is 3.11. The summed E-state index contributed by atoms with van der Waals surface area (Å²) in [6.07, 6.45) is -0.241. The van der Waals surface area contributed by atoms with E-state index in [0.717, 1.165) is 24.2 Å². The van der Waals surface area contributed by atoms with Gasteiger partial charge in [0.15, 0.2) is 0 Å². The molecule has 0 unspecified atom stereocenters. The Bertz CT molecular complexity index is 723. The molecule has 0 N–H and O–H groups in total. The third kappa shape index (κ3) is 3.99. The number of benzene rings is 1. The number of aryl methyl sites for hydroxylation is 1. The molecule has 0 radical (unpaired) electrons. The molecule has 134 valence electrons. The van der Waals surface area contributed by atoms with E-state index in [-0.39, 0.29) is 12.1 Å². The fourth-order valence-electron chi connectivity index (χ4n) is 2.96. The van der Waals surface area contributed by atoms with E-state index in [1.807, 2.05) is 45.0 Å². The van der Waals surface area contributed by atoms with Crippen molar-refractivity contribution in [1.82, 2.24) is 20.0 Å². The quantitative estimate of drug-likeness (QED) is 0.849. The number of amides is 1. The van der Waals surface area contributed by atoms with Gasteiger partial charge in [0.1, 0.15) is 0 Å². The molecule has 1 aromatic carbocycles. The van der Waals surface area contributed by atoms with Crippen LogP contribution in [0, 0.1) is 6.92 Å². The Labute approximate surface area is 147 Å². The van der Waals surface area contributed by atoms with Gasteiger partial charge in [0, 0.05) is 31.7 Å². The molecule has 0 saturated carbocycles. The Balaban J connectivity index is 1.63. The minimum absolute atomic E-state index is 0.00963. The lowest BCUT2D eigenvalue weighted by Gasteiger charge is -2.36. The second-order valence-electron chi connectivity index (χ2n) is 6.21. The number of ether oxygens (including phenoxy) is 1. The Morgan fingerprint density at radius 1 is 1.28 bits per heavy atom. The van der Waals surface area contributed by atoms with Crippen LogP contribution in [0.15, 0.2) is 28.7 Å². The van der Waals surface area contributed by atoms with E-state index < -0.39 is 0 Å². The molecular weight excluding hydrogens is 320 g/mol. The molecule has 3 rings (SSSR count). The van der Waals surface area contributed by atoms with Crippen molar-refractivity contribution in [2.75, 3.05) is 32.8 Å². The topological polar surface area (TPSA) is 71.7 Å². The van der Waals surface area contributed by atoms with Crippen LogP contribution >= 0.6 is 0 Å². The molecule has 7 heteroatoms.